The van der Waals surface area contributed by atoms with E-state index >= 15 is 0 Å². The molecule has 0 bridgehead atoms. The average Bonchev–Trinajstić information content (AvgIpc) is 3.08. The van der Waals surface area contributed by atoms with Gasteiger partial charge in [-0.1, -0.05) is 0 Å². The summed E-state index contributed by atoms with van der Waals surface area (Å²) in [5, 5.41) is 32.5. The van der Waals surface area contributed by atoms with Crippen molar-refractivity contribution >= 4 is 35.0 Å². The summed E-state index contributed by atoms with van der Waals surface area (Å²) in [5.41, 5.74) is -4.46. The predicted octanol–water partition coefficient (Wildman–Crippen LogP) is 1.88. The van der Waals surface area contributed by atoms with Crippen molar-refractivity contribution in [2.45, 2.75) is 38.9 Å². The largest absolute Gasteiger partial charge is 0.426 e. The van der Waals surface area contributed by atoms with Crippen molar-refractivity contribution in [3.8, 4) is 17.2 Å². The number of aromatic nitrogens is 3. The number of nitro groups is 3. The highest BCUT2D eigenvalue weighted by Gasteiger charge is 2.20. The molecular formula is C30H24N6O15. The third-order valence-corrected chi connectivity index (χ3v) is 6.84. The van der Waals surface area contributed by atoms with Crippen LogP contribution in [0.1, 0.15) is 19.3 Å². The van der Waals surface area contributed by atoms with Crippen molar-refractivity contribution in [2.75, 3.05) is 0 Å². The van der Waals surface area contributed by atoms with Crippen molar-refractivity contribution in [1.82, 2.24) is 13.7 Å². The lowest BCUT2D eigenvalue weighted by Crippen LogP contribution is -2.55. The Balaban J connectivity index is 1.53. The fourth-order valence-electron chi connectivity index (χ4n) is 4.32. The van der Waals surface area contributed by atoms with Crippen LogP contribution in [0.25, 0.3) is 0 Å². The van der Waals surface area contributed by atoms with Crippen LogP contribution in [0.15, 0.2) is 87.2 Å². The predicted molar refractivity (Wildman–Crippen MR) is 169 cm³/mol. The molecule has 1 heterocycles. The molecule has 0 aliphatic rings. The van der Waals surface area contributed by atoms with Gasteiger partial charge in [0.05, 0.1) is 34.0 Å². The fraction of sp³-hybridized carbons (Fsp3) is 0.200. The minimum absolute atomic E-state index is 0.0709. The first kappa shape index (κ1) is 36.5. The van der Waals surface area contributed by atoms with E-state index in [9.17, 15) is 59.1 Å². The average molecular weight is 709 g/mol. The number of carbonyl (C=O) groups is 3. The van der Waals surface area contributed by atoms with E-state index in [1.165, 1.54) is 0 Å². The summed E-state index contributed by atoms with van der Waals surface area (Å²) in [6, 6.07) is 13.4. The van der Waals surface area contributed by atoms with E-state index < -0.39 is 88.6 Å². The van der Waals surface area contributed by atoms with Gasteiger partial charge in [-0.25, -0.2) is 28.1 Å². The zero-order valence-corrected chi connectivity index (χ0v) is 26.0. The van der Waals surface area contributed by atoms with Crippen LogP contribution in [0, 0.1) is 30.3 Å². The molecule has 1 aromatic heterocycles. The molecule has 0 aliphatic carbocycles. The summed E-state index contributed by atoms with van der Waals surface area (Å²) in [6.45, 7) is -1.90. The SMILES string of the molecule is O=C(CCn1c(=O)n(CCC(=O)Oc2ccc([N+](=O)[O-])cc2)c(=O)n(CCC(=O)Oc2ccc([N+](=O)[O-])cc2)c1=O)Oc1ccc([N+](=O)[O-])cc1. The molecule has 3 aromatic carbocycles. The molecule has 0 aliphatic heterocycles. The lowest BCUT2D eigenvalue weighted by Gasteiger charge is -2.14. The van der Waals surface area contributed by atoms with E-state index in [-0.39, 0.29) is 34.3 Å². The third kappa shape index (κ3) is 9.62. The number of benzene rings is 3. The monoisotopic (exact) mass is 708 g/mol. The summed E-state index contributed by atoms with van der Waals surface area (Å²) >= 11 is 0. The van der Waals surface area contributed by atoms with Crippen LogP contribution >= 0.6 is 0 Å². The van der Waals surface area contributed by atoms with Gasteiger partial charge in [0, 0.05) is 56.0 Å². The number of rotatable bonds is 15. The van der Waals surface area contributed by atoms with Crippen LogP contribution in [0.2, 0.25) is 0 Å². The van der Waals surface area contributed by atoms with Crippen molar-refractivity contribution in [3.05, 3.63) is 135 Å². The Labute approximate surface area is 282 Å². The molecule has 21 nitrogen and oxygen atoms in total. The maximum absolute atomic E-state index is 13.3. The molecule has 0 radical (unpaired) electrons. The van der Waals surface area contributed by atoms with E-state index in [4.69, 9.17) is 14.2 Å². The number of nitrogens with zero attached hydrogens (tertiary/aromatic N) is 6. The highest BCUT2D eigenvalue weighted by atomic mass is 16.6. The molecule has 264 valence electrons. The number of esters is 3. The molecule has 21 heteroatoms. The summed E-state index contributed by atoms with van der Waals surface area (Å²) in [5.74, 6) is -3.09. The lowest BCUT2D eigenvalue weighted by atomic mass is 10.3. The molecule has 4 aromatic rings. The van der Waals surface area contributed by atoms with Gasteiger partial charge in [-0.05, 0) is 36.4 Å². The van der Waals surface area contributed by atoms with Gasteiger partial charge in [-0.15, -0.1) is 0 Å². The molecule has 51 heavy (non-hydrogen) atoms. The Hall–Kier alpha value is -7.32. The van der Waals surface area contributed by atoms with Gasteiger partial charge in [0.1, 0.15) is 17.2 Å². The second kappa shape index (κ2) is 16.2. The molecular weight excluding hydrogens is 684 g/mol. The smallest absolute Gasteiger partial charge is 0.336 e. The van der Waals surface area contributed by atoms with Gasteiger partial charge in [-0.3, -0.25) is 44.7 Å². The summed E-state index contributed by atoms with van der Waals surface area (Å²) < 4.78 is 16.8. The van der Waals surface area contributed by atoms with E-state index in [0.717, 1.165) is 72.8 Å². The van der Waals surface area contributed by atoms with Gasteiger partial charge < -0.3 is 14.2 Å². The number of ether oxygens (including phenoxy) is 3. The Morgan fingerprint density at radius 3 is 0.863 bits per heavy atom. The highest BCUT2D eigenvalue weighted by molar-refractivity contribution is 5.73. The van der Waals surface area contributed by atoms with Crippen LogP contribution in [0.5, 0.6) is 17.2 Å². The summed E-state index contributed by atoms with van der Waals surface area (Å²) in [6.07, 6.45) is -1.81. The van der Waals surface area contributed by atoms with Crippen LogP contribution in [-0.4, -0.2) is 46.4 Å². The molecule has 0 fully saturated rings. The maximum atomic E-state index is 13.3. The van der Waals surface area contributed by atoms with E-state index in [0.29, 0.717) is 13.7 Å². The molecule has 0 saturated carbocycles. The minimum Gasteiger partial charge on any atom is -0.426 e. The first-order chi connectivity index (χ1) is 24.2. The number of nitro benzene ring substituents is 3. The molecule has 0 saturated heterocycles. The lowest BCUT2D eigenvalue weighted by molar-refractivity contribution is -0.385. The summed E-state index contributed by atoms with van der Waals surface area (Å²) in [7, 11) is 0. The van der Waals surface area contributed by atoms with Gasteiger partial charge in [0.2, 0.25) is 0 Å². The molecule has 0 unspecified atom stereocenters. The van der Waals surface area contributed by atoms with Crippen LogP contribution in [0.3, 0.4) is 0 Å². The second-order valence-electron chi connectivity index (χ2n) is 10.2. The minimum atomic E-state index is -1.22. The number of carbonyl (C=O) groups excluding carboxylic acids is 3. The normalized spacial score (nSPS) is 10.6. The van der Waals surface area contributed by atoms with Gasteiger partial charge in [0.15, 0.2) is 0 Å². The van der Waals surface area contributed by atoms with E-state index in [1.54, 1.807) is 0 Å². The standard InChI is InChI=1S/C30H24N6O15/c37-25(49-22-7-1-19(2-8-22)34(43)44)13-16-31-28(40)32(17-14-26(38)50-23-9-3-20(4-10-23)35(45)46)30(42)33(29(31)41)18-15-27(39)51-24-11-5-21(6-12-24)36(47)48/h1-12H,13-18H2. The Bertz CT molecular complexity index is 1890. The quantitative estimate of drug-likeness (QED) is 0.0738. The molecule has 0 spiro atoms. The first-order valence-electron chi connectivity index (χ1n) is 14.5. The first-order valence-corrected chi connectivity index (χ1v) is 14.5. The topological polar surface area (TPSA) is 274 Å². The van der Waals surface area contributed by atoms with Crippen molar-refractivity contribution in [1.29, 1.82) is 0 Å². The van der Waals surface area contributed by atoms with Crippen LogP contribution in [0.4, 0.5) is 17.1 Å². The number of non-ortho nitro benzene ring substituents is 3. The molecule has 0 N–H and O–H groups in total. The second-order valence-corrected chi connectivity index (χ2v) is 10.2. The van der Waals surface area contributed by atoms with Crippen LogP contribution < -0.4 is 31.3 Å². The Morgan fingerprint density at radius 1 is 0.451 bits per heavy atom. The fourth-order valence-corrected chi connectivity index (χ4v) is 4.32. The molecule has 0 atom stereocenters. The van der Waals surface area contributed by atoms with Gasteiger partial charge in [0.25, 0.3) is 17.1 Å². The Morgan fingerprint density at radius 2 is 0.667 bits per heavy atom. The number of hydrogen-bond acceptors (Lipinski definition) is 15. The molecule has 4 rings (SSSR count). The van der Waals surface area contributed by atoms with Gasteiger partial charge in [-0.2, -0.15) is 0 Å². The highest BCUT2D eigenvalue weighted by Crippen LogP contribution is 2.20. The van der Waals surface area contributed by atoms with E-state index in [2.05, 4.69) is 0 Å². The summed E-state index contributed by atoms with van der Waals surface area (Å²) in [4.78, 5) is 108. The Kier molecular flexibility index (Phi) is 11.6. The number of hydrogen-bond donors (Lipinski definition) is 0. The zero-order valence-electron chi connectivity index (χ0n) is 26.0. The molecule has 0 amide bonds. The maximum Gasteiger partial charge on any atom is 0.336 e. The van der Waals surface area contributed by atoms with E-state index in [1.807, 2.05) is 0 Å². The van der Waals surface area contributed by atoms with Crippen molar-refractivity contribution in [2.24, 2.45) is 0 Å². The van der Waals surface area contributed by atoms with Crippen LogP contribution in [-0.2, 0) is 34.0 Å². The van der Waals surface area contributed by atoms with Crippen molar-refractivity contribution in [3.63, 3.8) is 0 Å². The third-order valence-electron chi connectivity index (χ3n) is 6.84. The van der Waals surface area contributed by atoms with Gasteiger partial charge >= 0.3 is 35.0 Å². The van der Waals surface area contributed by atoms with Crippen molar-refractivity contribution < 1.29 is 43.4 Å². The zero-order chi connectivity index (χ0) is 37.2.